The molecule has 0 aliphatic carbocycles. The molecule has 0 aromatic heterocycles. The zero-order valence-corrected chi connectivity index (χ0v) is 11.4. The Kier molecular flexibility index (Phi) is 5.64. The van der Waals surface area contributed by atoms with E-state index in [0.29, 0.717) is 19.5 Å². The van der Waals surface area contributed by atoms with E-state index in [1.807, 2.05) is 0 Å². The molecule has 0 atom stereocenters. The number of β-lactam (4-membered cyclic amide) rings is 2. The van der Waals surface area contributed by atoms with Gasteiger partial charge in [0.1, 0.15) is 5.41 Å². The van der Waals surface area contributed by atoms with Crippen LogP contribution < -0.4 is 0 Å². The van der Waals surface area contributed by atoms with Crippen molar-refractivity contribution in [2.75, 3.05) is 13.1 Å². The molecule has 5 heteroatoms. The highest BCUT2D eigenvalue weighted by Gasteiger charge is 2.55. The smallest absolute Gasteiger partial charge is 0.244 e. The first-order valence-electron chi connectivity index (χ1n) is 6.59. The van der Waals surface area contributed by atoms with Gasteiger partial charge in [-0.25, -0.2) is 9.79 Å². The highest BCUT2D eigenvalue weighted by Crippen LogP contribution is 2.37. The molecule has 104 valence electrons. The number of amides is 2. The van der Waals surface area contributed by atoms with Crippen molar-refractivity contribution in [1.29, 1.82) is 0 Å². The summed E-state index contributed by atoms with van der Waals surface area (Å²) in [6.45, 7) is 6.24. The lowest BCUT2D eigenvalue weighted by molar-refractivity contribution is -0.175. The first-order valence-corrected chi connectivity index (χ1v) is 6.59. The van der Waals surface area contributed by atoms with Crippen molar-refractivity contribution in [2.24, 2.45) is 10.4 Å². The third-order valence-corrected chi connectivity index (χ3v) is 3.45. The molecule has 0 bridgehead atoms. The summed E-state index contributed by atoms with van der Waals surface area (Å²) in [6, 6.07) is 0. The van der Waals surface area contributed by atoms with Crippen molar-refractivity contribution in [2.45, 2.75) is 39.0 Å². The molecule has 19 heavy (non-hydrogen) atoms. The van der Waals surface area contributed by atoms with Gasteiger partial charge in [0.05, 0.1) is 6.54 Å². The van der Waals surface area contributed by atoms with Gasteiger partial charge in [-0.1, -0.05) is 18.9 Å². The highest BCUT2D eigenvalue weighted by molar-refractivity contribution is 6.21. The monoisotopic (exact) mass is 264 g/mol. The van der Waals surface area contributed by atoms with Crippen molar-refractivity contribution in [1.82, 2.24) is 4.90 Å². The second-order valence-corrected chi connectivity index (χ2v) is 4.97. The molecule has 0 aromatic rings. The van der Waals surface area contributed by atoms with Gasteiger partial charge in [0.2, 0.25) is 17.9 Å². The zero-order chi connectivity index (χ0) is 14.3. The number of allylic oxidation sites excluding steroid dienone is 1. The Labute approximate surface area is 113 Å². The van der Waals surface area contributed by atoms with Crippen LogP contribution in [0.15, 0.2) is 17.6 Å². The maximum Gasteiger partial charge on any atom is 0.244 e. The van der Waals surface area contributed by atoms with E-state index >= 15 is 0 Å². The lowest BCUT2D eigenvalue weighted by Gasteiger charge is -2.43. The molecule has 0 radical (unpaired) electrons. The Hall–Kier alpha value is -1.74. The van der Waals surface area contributed by atoms with E-state index in [2.05, 4.69) is 11.6 Å². The summed E-state index contributed by atoms with van der Waals surface area (Å²) in [7, 11) is 0. The molecular formula is C14H20N2O3. The number of nitrogens with zero attached hydrogens (tertiary/aromatic N) is 2. The van der Waals surface area contributed by atoms with Gasteiger partial charge in [0, 0.05) is 6.54 Å². The third-order valence-electron chi connectivity index (χ3n) is 3.45. The van der Waals surface area contributed by atoms with Gasteiger partial charge in [-0.05, 0) is 26.2 Å². The van der Waals surface area contributed by atoms with Gasteiger partial charge in [-0.2, -0.15) is 0 Å². The number of unbranched alkanes of at least 4 members (excludes halogenated alkanes) is 3. The summed E-state index contributed by atoms with van der Waals surface area (Å²) < 4.78 is 0. The Bertz CT molecular complexity index is 395. The molecule has 1 aliphatic rings. The van der Waals surface area contributed by atoms with Crippen LogP contribution in [0.4, 0.5) is 0 Å². The molecule has 1 saturated heterocycles. The Morgan fingerprint density at radius 3 is 2.47 bits per heavy atom. The molecule has 1 aliphatic heterocycles. The molecular weight excluding hydrogens is 244 g/mol. The van der Waals surface area contributed by atoms with Gasteiger partial charge in [0.25, 0.3) is 0 Å². The van der Waals surface area contributed by atoms with Crippen LogP contribution in [0.25, 0.3) is 0 Å². The second-order valence-electron chi connectivity index (χ2n) is 4.97. The molecule has 0 unspecified atom stereocenters. The van der Waals surface area contributed by atoms with Crippen molar-refractivity contribution in [3.8, 4) is 0 Å². The summed E-state index contributed by atoms with van der Waals surface area (Å²) in [4.78, 5) is 38.4. The van der Waals surface area contributed by atoms with E-state index in [0.717, 1.165) is 25.7 Å². The van der Waals surface area contributed by atoms with Crippen LogP contribution in [0.1, 0.15) is 39.0 Å². The predicted molar refractivity (Wildman–Crippen MR) is 71.1 cm³/mol. The molecule has 1 fully saturated rings. The minimum atomic E-state index is -0.875. The predicted octanol–water partition coefficient (Wildman–Crippen LogP) is 1.83. The van der Waals surface area contributed by atoms with Gasteiger partial charge in [-0.15, -0.1) is 6.58 Å². The maximum absolute atomic E-state index is 11.9. The van der Waals surface area contributed by atoms with Crippen molar-refractivity contribution in [3.63, 3.8) is 0 Å². The fourth-order valence-electron chi connectivity index (χ4n) is 2.25. The highest BCUT2D eigenvalue weighted by atomic mass is 16.2. The summed E-state index contributed by atoms with van der Waals surface area (Å²) in [5.74, 6) is -0.189. The maximum atomic E-state index is 11.9. The van der Waals surface area contributed by atoms with Gasteiger partial charge in [-0.3, -0.25) is 14.5 Å². The van der Waals surface area contributed by atoms with Crippen LogP contribution in [0, 0.1) is 5.41 Å². The fourth-order valence-corrected chi connectivity index (χ4v) is 2.25. The first-order chi connectivity index (χ1) is 9.07. The second kappa shape index (κ2) is 7.00. The van der Waals surface area contributed by atoms with E-state index in [-0.39, 0.29) is 11.8 Å². The van der Waals surface area contributed by atoms with Crippen LogP contribution in [0.5, 0.6) is 0 Å². The van der Waals surface area contributed by atoms with E-state index in [4.69, 9.17) is 0 Å². The number of imide groups is 1. The topological polar surface area (TPSA) is 66.8 Å². The van der Waals surface area contributed by atoms with Crippen LogP contribution >= 0.6 is 0 Å². The lowest BCUT2D eigenvalue weighted by atomic mass is 9.76. The number of hydrogen-bond acceptors (Lipinski definition) is 4. The van der Waals surface area contributed by atoms with Gasteiger partial charge < -0.3 is 0 Å². The molecule has 2 amide bonds. The molecule has 1 rings (SSSR count). The largest absolute Gasteiger partial charge is 0.281 e. The van der Waals surface area contributed by atoms with Crippen LogP contribution in [0.3, 0.4) is 0 Å². The number of aliphatic imine (C=N–C) groups is 1. The van der Waals surface area contributed by atoms with Gasteiger partial charge in [0.15, 0.2) is 0 Å². The standard InChI is InChI=1S/C14H20N2O3/c1-3-8-14(2)12(18)16(13(14)19)10-7-5-4-6-9-15-11-17/h3H,1,4-10H2,2H3. The molecule has 0 saturated carbocycles. The van der Waals surface area contributed by atoms with E-state index < -0.39 is 5.41 Å². The Balaban J connectivity index is 2.22. The SMILES string of the molecule is C=CCC1(C)C(=O)N(CCCCCCN=C=O)C1=O. The van der Waals surface area contributed by atoms with E-state index in [1.54, 1.807) is 13.0 Å². The zero-order valence-electron chi connectivity index (χ0n) is 11.4. The van der Waals surface area contributed by atoms with E-state index in [9.17, 15) is 14.4 Å². The molecule has 0 N–H and O–H groups in total. The lowest BCUT2D eigenvalue weighted by Crippen LogP contribution is -2.64. The van der Waals surface area contributed by atoms with Gasteiger partial charge >= 0.3 is 0 Å². The first kappa shape index (κ1) is 15.3. The Morgan fingerprint density at radius 1 is 1.26 bits per heavy atom. The van der Waals surface area contributed by atoms with Crippen LogP contribution in [-0.4, -0.2) is 35.9 Å². The Morgan fingerprint density at radius 2 is 1.89 bits per heavy atom. The fraction of sp³-hybridized carbons (Fsp3) is 0.643. The summed E-state index contributed by atoms with van der Waals surface area (Å²) >= 11 is 0. The van der Waals surface area contributed by atoms with E-state index in [1.165, 1.54) is 11.0 Å². The molecule has 5 nitrogen and oxygen atoms in total. The summed E-state index contributed by atoms with van der Waals surface area (Å²) in [5, 5.41) is 0. The average Bonchev–Trinajstić information content (AvgIpc) is 2.41. The minimum Gasteiger partial charge on any atom is -0.281 e. The molecule has 0 spiro atoms. The third kappa shape index (κ3) is 3.38. The van der Waals surface area contributed by atoms with Crippen molar-refractivity contribution < 1.29 is 14.4 Å². The molecule has 1 heterocycles. The number of rotatable bonds is 9. The quantitative estimate of drug-likeness (QED) is 0.159. The summed E-state index contributed by atoms with van der Waals surface area (Å²) in [5.41, 5.74) is -0.875. The molecule has 0 aromatic carbocycles. The normalized spacial score (nSPS) is 16.8. The van der Waals surface area contributed by atoms with Crippen LogP contribution in [0.2, 0.25) is 0 Å². The number of likely N-dealkylation sites (tertiary alicyclic amines) is 1. The van der Waals surface area contributed by atoms with Crippen molar-refractivity contribution >= 4 is 17.9 Å². The number of carbonyl (C=O) groups is 2. The van der Waals surface area contributed by atoms with Crippen LogP contribution in [-0.2, 0) is 14.4 Å². The number of hydrogen-bond donors (Lipinski definition) is 0. The summed E-state index contributed by atoms with van der Waals surface area (Å²) in [6.07, 6.45) is 7.01. The minimum absolute atomic E-state index is 0.0945. The van der Waals surface area contributed by atoms with Crippen molar-refractivity contribution in [3.05, 3.63) is 12.7 Å². The number of isocyanates is 1. The number of carbonyl (C=O) groups excluding carboxylic acids is 3. The average molecular weight is 264 g/mol.